The number of aliphatic carboxylic acids is 2. The Bertz CT molecular complexity index is 98.2. The molecule has 0 N–H and O–H groups in total. The summed E-state index contributed by atoms with van der Waals surface area (Å²) in [7, 11) is 0. The van der Waals surface area contributed by atoms with Gasteiger partial charge in [-0.05, 0) is 12.8 Å². The topological polar surface area (TPSA) is 80.3 Å². The molecule has 4 nitrogen and oxygen atoms in total. The van der Waals surface area contributed by atoms with Crippen LogP contribution in [0, 0.1) is 0 Å². The molecule has 10 heavy (non-hydrogen) atoms. The predicted molar refractivity (Wildman–Crippen MR) is 30.9 cm³/mol. The van der Waals surface area contributed by atoms with E-state index in [1.165, 1.54) is 0 Å². The summed E-state index contributed by atoms with van der Waals surface area (Å²) in [6.45, 7) is 0. The molecule has 0 radical (unpaired) electrons. The number of carbonyl (C=O) groups excluding carboxylic acids is 2. The van der Waals surface area contributed by atoms with E-state index in [1.54, 1.807) is 0 Å². The zero-order valence-electron chi connectivity index (χ0n) is 5.62. The Morgan fingerprint density at radius 1 is 1.10 bits per heavy atom. The fourth-order valence-corrected chi connectivity index (χ4v) is 0.204. The van der Waals surface area contributed by atoms with Gasteiger partial charge in [-0.2, -0.15) is 0 Å². The quantitative estimate of drug-likeness (QED) is 0.424. The van der Waals surface area contributed by atoms with Crippen molar-refractivity contribution in [2.45, 2.75) is 18.6 Å². The van der Waals surface area contributed by atoms with Gasteiger partial charge in [0.2, 0.25) is 0 Å². The van der Waals surface area contributed by atoms with Crippen molar-refractivity contribution in [3.63, 3.8) is 0 Å². The second-order valence-corrected chi connectivity index (χ2v) is 1.24. The van der Waals surface area contributed by atoms with Crippen LogP contribution in [0.1, 0.15) is 12.8 Å². The van der Waals surface area contributed by atoms with Crippen molar-refractivity contribution in [3.8, 4) is 0 Å². The van der Waals surface area contributed by atoms with Crippen LogP contribution in [0.2, 0.25) is 5.79 Å². The molecule has 0 aliphatic rings. The number of hydrogen-bond donors (Lipinski definition) is 0. The molecular weight excluding hydrogens is 151 g/mol. The van der Waals surface area contributed by atoms with Gasteiger partial charge in [0, 0.05) is 11.9 Å². The van der Waals surface area contributed by atoms with Crippen molar-refractivity contribution in [1.29, 1.82) is 0 Å². The van der Waals surface area contributed by atoms with Gasteiger partial charge in [0.15, 0.2) is 0 Å². The third-order valence-electron chi connectivity index (χ3n) is 0.533. The fraction of sp³-hybridized carbons (Fsp3) is 0.600. The maximum atomic E-state index is 9.50. The van der Waals surface area contributed by atoms with Gasteiger partial charge in [0.25, 0.3) is 0 Å². The van der Waals surface area contributed by atoms with Crippen molar-refractivity contribution in [1.82, 2.24) is 0 Å². The minimum absolute atomic E-state index is 0.470. The molecule has 0 saturated carbocycles. The van der Waals surface area contributed by atoms with Crippen LogP contribution in [0.3, 0.4) is 0 Å². The van der Waals surface area contributed by atoms with Gasteiger partial charge in [0.1, 0.15) is 0 Å². The first kappa shape index (κ1) is 12.2. The first-order chi connectivity index (χ1) is 4.63. The van der Waals surface area contributed by atoms with E-state index >= 15 is 0 Å². The van der Waals surface area contributed by atoms with Gasteiger partial charge in [-0.25, -0.2) is 0 Å². The van der Waals surface area contributed by atoms with Gasteiger partial charge >= 0.3 is 22.1 Å². The van der Waals surface area contributed by atoms with Crippen LogP contribution < -0.4 is 10.2 Å². The Labute approximate surface area is 67.3 Å². The Balaban J connectivity index is 0. The number of carbonyl (C=O) groups is 2. The molecule has 5 heteroatoms. The van der Waals surface area contributed by atoms with Crippen LogP contribution in [-0.2, 0) is 9.59 Å². The van der Waals surface area contributed by atoms with Crippen LogP contribution in [-0.4, -0.2) is 28.2 Å². The van der Waals surface area contributed by atoms with Gasteiger partial charge in [0.05, 0.1) is 0 Å². The van der Waals surface area contributed by atoms with Crippen LogP contribution in [0.15, 0.2) is 0 Å². The van der Waals surface area contributed by atoms with E-state index in [9.17, 15) is 19.8 Å². The first-order valence-corrected chi connectivity index (χ1v) is 3.76. The summed E-state index contributed by atoms with van der Waals surface area (Å²) in [6, 6.07) is 0. The van der Waals surface area contributed by atoms with Crippen molar-refractivity contribution < 1.29 is 19.8 Å². The number of carboxylic acids is 2. The predicted octanol–water partition coefficient (Wildman–Crippen LogP) is -2.53. The number of carboxylic acid groups (broad SMARTS) is 2. The zero-order valence-corrected chi connectivity index (χ0v) is 6.78. The number of hydrogen-bond acceptors (Lipinski definition) is 4. The van der Waals surface area contributed by atoms with Crippen LogP contribution in [0.4, 0.5) is 0 Å². The molecule has 0 aliphatic heterocycles. The maximum absolute atomic E-state index is 9.50. The van der Waals surface area contributed by atoms with Gasteiger partial charge < -0.3 is 19.8 Å². The van der Waals surface area contributed by atoms with Crippen molar-refractivity contribution >= 4 is 28.2 Å². The molecule has 0 aromatic heterocycles. The summed E-state index contributed by atoms with van der Waals surface area (Å²) in [4.78, 5) is 19.0. The molecule has 54 valence electrons. The standard InChI is InChI=1S/C4H6O4.CH3.Al/c5-3(6)1-2-4(7)8;;/h1-2H2,(H,5,6)(H,7,8);1H3;/q;;+2/p-2. The van der Waals surface area contributed by atoms with Gasteiger partial charge in [-0.15, -0.1) is 0 Å². The summed E-state index contributed by atoms with van der Waals surface area (Å²) in [5.74, 6) is -0.816. The Morgan fingerprint density at radius 2 is 1.30 bits per heavy atom. The Kier molecular flexibility index (Phi) is 10.3. The zero-order chi connectivity index (χ0) is 8.57. The molecular formula is C5H7AlO4. The molecule has 0 unspecified atom stereocenters. The summed E-state index contributed by atoms with van der Waals surface area (Å²) < 4.78 is 0. The van der Waals surface area contributed by atoms with E-state index in [2.05, 4.69) is 16.3 Å². The van der Waals surface area contributed by atoms with E-state index in [-0.39, 0.29) is 0 Å². The summed E-state index contributed by atoms with van der Waals surface area (Å²) in [5.41, 5.74) is 0. The van der Waals surface area contributed by atoms with Gasteiger partial charge in [-0.3, -0.25) is 0 Å². The second-order valence-electron chi connectivity index (χ2n) is 1.24. The molecule has 0 heterocycles. The van der Waals surface area contributed by atoms with E-state index < -0.39 is 24.8 Å². The molecule has 0 bridgehead atoms. The van der Waals surface area contributed by atoms with E-state index in [1.807, 2.05) is 5.79 Å². The summed E-state index contributed by atoms with van der Waals surface area (Å²) in [6.07, 6.45) is -0.940. The monoisotopic (exact) mass is 158 g/mol. The summed E-state index contributed by atoms with van der Waals surface area (Å²) in [5, 5.41) is 19.0. The van der Waals surface area contributed by atoms with Gasteiger partial charge in [-0.1, -0.05) is 0 Å². The van der Waals surface area contributed by atoms with Crippen molar-refractivity contribution in [2.24, 2.45) is 0 Å². The SMILES string of the molecule is O=C([O-])CCC(=O)[O-].[CH3][Al+2]. The molecule has 0 aromatic rings. The molecule has 0 spiro atoms. The average molecular weight is 158 g/mol. The second kappa shape index (κ2) is 8.47. The molecule has 0 amide bonds. The third kappa shape index (κ3) is 15.6. The number of rotatable bonds is 3. The third-order valence-corrected chi connectivity index (χ3v) is 0.533. The molecule has 0 saturated heterocycles. The van der Waals surface area contributed by atoms with E-state index in [4.69, 9.17) is 0 Å². The van der Waals surface area contributed by atoms with Crippen molar-refractivity contribution in [2.75, 3.05) is 0 Å². The van der Waals surface area contributed by atoms with Crippen molar-refractivity contribution in [3.05, 3.63) is 0 Å². The normalized spacial score (nSPS) is 7.50. The molecule has 0 aliphatic carbocycles. The molecule has 0 aromatic carbocycles. The molecule has 0 atom stereocenters. The minimum atomic E-state index is -1.37. The van der Waals surface area contributed by atoms with Crippen LogP contribution in [0.5, 0.6) is 0 Å². The average Bonchev–Trinajstić information content (AvgIpc) is 1.89. The summed E-state index contributed by atoms with van der Waals surface area (Å²) >= 11 is 2.42. The van der Waals surface area contributed by atoms with E-state index in [0.29, 0.717) is 0 Å². The Morgan fingerprint density at radius 3 is 1.40 bits per heavy atom. The first-order valence-electron chi connectivity index (χ1n) is 2.60. The fourth-order valence-electron chi connectivity index (χ4n) is 0.204. The Hall–Kier alpha value is -0.528. The van der Waals surface area contributed by atoms with Crippen LogP contribution >= 0.6 is 0 Å². The van der Waals surface area contributed by atoms with Crippen LogP contribution in [0.25, 0.3) is 0 Å². The van der Waals surface area contributed by atoms with E-state index in [0.717, 1.165) is 0 Å². The molecule has 0 fully saturated rings. The molecule has 0 rings (SSSR count).